The predicted octanol–water partition coefficient (Wildman–Crippen LogP) is 4.61. The fourth-order valence-corrected chi connectivity index (χ4v) is 5.07. The molecule has 2 atom stereocenters. The molecule has 4 rings (SSSR count). The first-order valence-corrected chi connectivity index (χ1v) is 9.86. The van der Waals surface area contributed by atoms with Crippen molar-refractivity contribution in [3.63, 3.8) is 0 Å². The van der Waals surface area contributed by atoms with Crippen LogP contribution in [0.1, 0.15) is 44.2 Å². The highest BCUT2D eigenvalue weighted by atomic mass is 16.2. The number of fused-ring (bicyclic) bond motifs is 2. The molecule has 0 spiro atoms. The lowest BCUT2D eigenvalue weighted by Gasteiger charge is -2.36. The van der Waals surface area contributed by atoms with E-state index >= 15 is 0 Å². The molecular formula is C24H27NO2. The SMILES string of the molecule is CC1(C)C(=O)[C@@]2(C(=O)N(Cc3ccccc3)Cc3ccccc3)CC[C@@H]1C2. The van der Waals surface area contributed by atoms with Gasteiger partial charge in [0.15, 0.2) is 5.78 Å². The summed E-state index contributed by atoms with van der Waals surface area (Å²) in [5.74, 6) is 0.514. The van der Waals surface area contributed by atoms with Crippen LogP contribution in [0.5, 0.6) is 0 Å². The third-order valence-electron chi connectivity index (χ3n) is 6.68. The van der Waals surface area contributed by atoms with Gasteiger partial charge in [-0.25, -0.2) is 0 Å². The van der Waals surface area contributed by atoms with Crippen molar-refractivity contribution in [2.45, 2.75) is 46.2 Å². The summed E-state index contributed by atoms with van der Waals surface area (Å²) in [6, 6.07) is 20.1. The number of carbonyl (C=O) groups is 2. The van der Waals surface area contributed by atoms with Crippen LogP contribution in [0.2, 0.25) is 0 Å². The van der Waals surface area contributed by atoms with Gasteiger partial charge in [0.25, 0.3) is 0 Å². The van der Waals surface area contributed by atoms with E-state index in [1.807, 2.05) is 79.4 Å². The number of hydrogen-bond donors (Lipinski definition) is 0. The van der Waals surface area contributed by atoms with Gasteiger partial charge in [0.2, 0.25) is 5.91 Å². The maximum absolute atomic E-state index is 13.7. The van der Waals surface area contributed by atoms with E-state index in [9.17, 15) is 9.59 Å². The standard InChI is InChI=1S/C24H27NO2/c1-23(2)20-13-14-24(15-20,21(23)26)22(27)25(16-18-9-5-3-6-10-18)17-19-11-7-4-8-12-19/h3-12,20H,13-17H2,1-2H3/t20-,24-/m1/s1. The zero-order valence-corrected chi connectivity index (χ0v) is 16.2. The Morgan fingerprint density at radius 1 is 0.963 bits per heavy atom. The Balaban J connectivity index is 1.65. The fourth-order valence-electron chi connectivity index (χ4n) is 5.07. The van der Waals surface area contributed by atoms with Crippen LogP contribution < -0.4 is 0 Å². The topological polar surface area (TPSA) is 37.4 Å². The van der Waals surface area contributed by atoms with Crippen molar-refractivity contribution in [2.75, 3.05) is 0 Å². The minimum atomic E-state index is -0.808. The van der Waals surface area contributed by atoms with E-state index in [1.54, 1.807) is 0 Å². The molecule has 3 nitrogen and oxygen atoms in total. The minimum Gasteiger partial charge on any atom is -0.333 e. The average Bonchev–Trinajstić information content (AvgIpc) is 3.21. The molecule has 1 amide bonds. The van der Waals surface area contributed by atoms with Gasteiger partial charge in [0, 0.05) is 18.5 Å². The molecule has 0 aromatic heterocycles. The number of amides is 1. The molecule has 2 saturated carbocycles. The Bertz CT molecular complexity index is 802. The molecule has 27 heavy (non-hydrogen) atoms. The molecule has 3 heteroatoms. The lowest BCUT2D eigenvalue weighted by Crippen LogP contribution is -2.48. The van der Waals surface area contributed by atoms with Crippen molar-refractivity contribution >= 4 is 11.7 Å². The van der Waals surface area contributed by atoms with Gasteiger partial charge in [-0.15, -0.1) is 0 Å². The molecule has 140 valence electrons. The molecule has 2 bridgehead atoms. The van der Waals surface area contributed by atoms with Crippen LogP contribution in [-0.4, -0.2) is 16.6 Å². The van der Waals surface area contributed by atoms with E-state index in [4.69, 9.17) is 0 Å². The molecule has 2 aliphatic rings. The van der Waals surface area contributed by atoms with Gasteiger partial charge in [0.05, 0.1) is 0 Å². The molecule has 0 radical (unpaired) electrons. The first-order chi connectivity index (χ1) is 12.9. The molecule has 2 fully saturated rings. The lowest BCUT2D eigenvalue weighted by atomic mass is 9.70. The zero-order chi connectivity index (χ0) is 19.1. The number of hydrogen-bond acceptors (Lipinski definition) is 2. The summed E-state index contributed by atoms with van der Waals surface area (Å²) in [6.07, 6.45) is 2.41. The van der Waals surface area contributed by atoms with Crippen LogP contribution >= 0.6 is 0 Å². The predicted molar refractivity (Wildman–Crippen MR) is 106 cm³/mol. The highest BCUT2D eigenvalue weighted by Crippen LogP contribution is 2.60. The fraction of sp³-hybridized carbons (Fsp3) is 0.417. The van der Waals surface area contributed by atoms with Gasteiger partial charge in [-0.1, -0.05) is 74.5 Å². The van der Waals surface area contributed by atoms with Crippen molar-refractivity contribution in [2.24, 2.45) is 16.7 Å². The molecule has 0 saturated heterocycles. The van der Waals surface area contributed by atoms with Gasteiger partial charge in [-0.05, 0) is 36.3 Å². The Morgan fingerprint density at radius 3 is 1.93 bits per heavy atom. The van der Waals surface area contributed by atoms with Gasteiger partial charge in [0.1, 0.15) is 5.41 Å². The normalized spacial score (nSPS) is 25.6. The van der Waals surface area contributed by atoms with Gasteiger partial charge in [-0.3, -0.25) is 9.59 Å². The monoisotopic (exact) mass is 361 g/mol. The summed E-state index contributed by atoms with van der Waals surface area (Å²) >= 11 is 0. The van der Waals surface area contributed by atoms with Crippen LogP contribution in [0, 0.1) is 16.7 Å². The Morgan fingerprint density at radius 2 is 1.48 bits per heavy atom. The first kappa shape index (κ1) is 18.0. The minimum absolute atomic E-state index is 0.0216. The molecule has 2 aliphatic carbocycles. The Kier molecular flexibility index (Phi) is 4.41. The molecule has 2 aromatic carbocycles. The number of nitrogens with zero attached hydrogens (tertiary/aromatic N) is 1. The highest BCUT2D eigenvalue weighted by Gasteiger charge is 2.65. The van der Waals surface area contributed by atoms with Crippen LogP contribution in [-0.2, 0) is 22.7 Å². The quantitative estimate of drug-likeness (QED) is 0.729. The number of Topliss-reactive ketones (excluding diaryl/α,β-unsaturated/α-hetero) is 1. The van der Waals surface area contributed by atoms with Gasteiger partial charge in [-0.2, -0.15) is 0 Å². The summed E-state index contributed by atoms with van der Waals surface area (Å²) in [5, 5.41) is 0. The Hall–Kier alpha value is -2.42. The first-order valence-electron chi connectivity index (χ1n) is 9.86. The summed E-state index contributed by atoms with van der Waals surface area (Å²) in [4.78, 5) is 28.8. The molecule has 0 aliphatic heterocycles. The zero-order valence-electron chi connectivity index (χ0n) is 16.2. The summed E-state index contributed by atoms with van der Waals surface area (Å²) in [6.45, 7) is 5.11. The van der Waals surface area contributed by atoms with E-state index in [0.29, 0.717) is 25.4 Å². The van der Waals surface area contributed by atoms with Crippen molar-refractivity contribution in [3.8, 4) is 0 Å². The van der Waals surface area contributed by atoms with E-state index in [2.05, 4.69) is 0 Å². The van der Waals surface area contributed by atoms with Crippen molar-refractivity contribution in [1.82, 2.24) is 4.90 Å². The third kappa shape index (κ3) is 2.99. The van der Waals surface area contributed by atoms with Crippen molar-refractivity contribution < 1.29 is 9.59 Å². The summed E-state index contributed by atoms with van der Waals surface area (Å²) < 4.78 is 0. The molecular weight excluding hydrogens is 334 g/mol. The van der Waals surface area contributed by atoms with Crippen LogP contribution in [0.15, 0.2) is 60.7 Å². The Labute approximate surface area is 161 Å². The number of carbonyl (C=O) groups excluding carboxylic acids is 2. The average molecular weight is 361 g/mol. The van der Waals surface area contributed by atoms with Crippen LogP contribution in [0.4, 0.5) is 0 Å². The largest absolute Gasteiger partial charge is 0.333 e. The number of ketones is 1. The van der Waals surface area contributed by atoms with Gasteiger partial charge >= 0.3 is 0 Å². The smallest absolute Gasteiger partial charge is 0.236 e. The number of rotatable bonds is 5. The second kappa shape index (κ2) is 6.63. The molecule has 2 aromatic rings. The lowest BCUT2D eigenvalue weighted by molar-refractivity contribution is -0.152. The van der Waals surface area contributed by atoms with Crippen LogP contribution in [0.25, 0.3) is 0 Å². The highest BCUT2D eigenvalue weighted by molar-refractivity contribution is 6.10. The molecule has 0 heterocycles. The third-order valence-corrected chi connectivity index (χ3v) is 6.68. The van der Waals surface area contributed by atoms with E-state index < -0.39 is 5.41 Å². The number of benzene rings is 2. The second-order valence-electron chi connectivity index (χ2n) is 8.71. The maximum atomic E-state index is 13.7. The summed E-state index contributed by atoms with van der Waals surface area (Å²) in [5.41, 5.74) is 1.01. The molecule has 0 unspecified atom stereocenters. The second-order valence-corrected chi connectivity index (χ2v) is 8.71. The van der Waals surface area contributed by atoms with Crippen LogP contribution in [0.3, 0.4) is 0 Å². The van der Waals surface area contributed by atoms with E-state index in [0.717, 1.165) is 24.0 Å². The van der Waals surface area contributed by atoms with Crippen molar-refractivity contribution in [1.29, 1.82) is 0 Å². The maximum Gasteiger partial charge on any atom is 0.236 e. The van der Waals surface area contributed by atoms with E-state index in [-0.39, 0.29) is 17.1 Å². The van der Waals surface area contributed by atoms with Crippen molar-refractivity contribution in [3.05, 3.63) is 71.8 Å². The van der Waals surface area contributed by atoms with E-state index in [1.165, 1.54) is 0 Å². The summed E-state index contributed by atoms with van der Waals surface area (Å²) in [7, 11) is 0. The van der Waals surface area contributed by atoms with Gasteiger partial charge < -0.3 is 4.90 Å². The molecule has 0 N–H and O–H groups in total.